The number of halogens is 1. The second-order valence-corrected chi connectivity index (χ2v) is 6.65. The molecule has 8 heteroatoms. The molecule has 0 atom stereocenters. The highest BCUT2D eigenvalue weighted by molar-refractivity contribution is 7.20. The number of thiophene rings is 1. The first-order valence-corrected chi connectivity index (χ1v) is 8.61. The first-order chi connectivity index (χ1) is 10.9. The number of esters is 1. The quantitative estimate of drug-likeness (QED) is 0.632. The summed E-state index contributed by atoms with van der Waals surface area (Å²) in [6, 6.07) is 0. The van der Waals surface area contributed by atoms with Gasteiger partial charge in [-0.05, 0) is 44.9 Å². The Kier molecular flexibility index (Phi) is 5.78. The lowest BCUT2D eigenvalue weighted by Gasteiger charge is -2.21. The van der Waals surface area contributed by atoms with Crippen LogP contribution < -0.4 is 4.90 Å². The first-order valence-electron chi connectivity index (χ1n) is 7.42. The van der Waals surface area contributed by atoms with Crippen molar-refractivity contribution in [2.75, 3.05) is 24.6 Å². The van der Waals surface area contributed by atoms with Crippen molar-refractivity contribution in [1.82, 2.24) is 9.97 Å². The van der Waals surface area contributed by atoms with E-state index in [0.29, 0.717) is 28.6 Å². The van der Waals surface area contributed by atoms with Crippen molar-refractivity contribution < 1.29 is 14.6 Å². The van der Waals surface area contributed by atoms with Crippen LogP contribution in [0.2, 0.25) is 5.28 Å². The molecule has 0 bridgehead atoms. The Hall–Kier alpha value is -1.44. The lowest BCUT2D eigenvalue weighted by molar-refractivity contribution is 0.0383. The van der Waals surface area contributed by atoms with Gasteiger partial charge in [0.05, 0.1) is 18.1 Å². The van der Waals surface area contributed by atoms with Gasteiger partial charge in [0.2, 0.25) is 5.28 Å². The standard InChI is InChI=1S/C15H20ClN3O3S/c1-5-19(6-7-20)12-10-9(4)11(14(21)22-8(2)3)23-13(10)18-15(16)17-12/h8,20H,5-7H2,1-4H3. The van der Waals surface area contributed by atoms with Crippen LogP contribution in [0, 0.1) is 6.92 Å². The van der Waals surface area contributed by atoms with E-state index < -0.39 is 0 Å². The number of nitrogens with zero attached hydrogens (tertiary/aromatic N) is 3. The Labute approximate surface area is 144 Å². The largest absolute Gasteiger partial charge is 0.459 e. The number of aliphatic hydroxyl groups is 1. The van der Waals surface area contributed by atoms with Crippen molar-refractivity contribution in [3.8, 4) is 0 Å². The number of aryl methyl sites for hydroxylation is 1. The molecule has 0 fully saturated rings. The number of hydrogen-bond acceptors (Lipinski definition) is 7. The zero-order valence-corrected chi connectivity index (χ0v) is 15.2. The summed E-state index contributed by atoms with van der Waals surface area (Å²) in [5.41, 5.74) is 0.777. The van der Waals surface area contributed by atoms with Gasteiger partial charge in [0.15, 0.2) is 0 Å². The molecule has 2 rings (SSSR count). The fourth-order valence-corrected chi connectivity index (χ4v) is 3.59. The topological polar surface area (TPSA) is 75.5 Å². The van der Waals surface area contributed by atoms with E-state index in [-0.39, 0.29) is 24.0 Å². The maximum atomic E-state index is 12.3. The van der Waals surface area contributed by atoms with E-state index in [2.05, 4.69) is 9.97 Å². The number of carbonyl (C=O) groups is 1. The first kappa shape index (κ1) is 17.9. The summed E-state index contributed by atoms with van der Waals surface area (Å²) in [5.74, 6) is 0.265. The van der Waals surface area contributed by atoms with Crippen molar-refractivity contribution in [3.05, 3.63) is 15.7 Å². The fraction of sp³-hybridized carbons (Fsp3) is 0.533. The van der Waals surface area contributed by atoms with Gasteiger partial charge in [0.25, 0.3) is 0 Å². The van der Waals surface area contributed by atoms with Gasteiger partial charge in [-0.3, -0.25) is 0 Å². The minimum atomic E-state index is -0.368. The van der Waals surface area contributed by atoms with Crippen molar-refractivity contribution in [2.24, 2.45) is 0 Å². The third-order valence-corrected chi connectivity index (χ3v) is 4.66. The van der Waals surface area contributed by atoms with Crippen LogP contribution in [0.5, 0.6) is 0 Å². The number of aliphatic hydroxyl groups excluding tert-OH is 1. The highest BCUT2D eigenvalue weighted by Gasteiger charge is 2.23. The third-order valence-electron chi connectivity index (χ3n) is 3.32. The average molecular weight is 358 g/mol. The smallest absolute Gasteiger partial charge is 0.348 e. The highest BCUT2D eigenvalue weighted by atomic mass is 35.5. The summed E-state index contributed by atoms with van der Waals surface area (Å²) in [4.78, 5) is 23.9. The molecule has 23 heavy (non-hydrogen) atoms. The molecule has 2 aromatic heterocycles. The zero-order valence-electron chi connectivity index (χ0n) is 13.6. The van der Waals surface area contributed by atoms with Gasteiger partial charge in [-0.15, -0.1) is 11.3 Å². The molecular formula is C15H20ClN3O3S. The Morgan fingerprint density at radius 3 is 2.70 bits per heavy atom. The molecule has 2 heterocycles. The van der Waals surface area contributed by atoms with Gasteiger partial charge in [0, 0.05) is 13.1 Å². The van der Waals surface area contributed by atoms with E-state index in [9.17, 15) is 9.90 Å². The average Bonchev–Trinajstić information content (AvgIpc) is 2.80. The van der Waals surface area contributed by atoms with Crippen LogP contribution in [-0.4, -0.2) is 46.8 Å². The maximum absolute atomic E-state index is 12.3. The highest BCUT2D eigenvalue weighted by Crippen LogP contribution is 2.36. The van der Waals surface area contributed by atoms with Crippen LogP contribution in [-0.2, 0) is 4.74 Å². The molecule has 2 aromatic rings. The maximum Gasteiger partial charge on any atom is 0.348 e. The number of ether oxygens (including phenoxy) is 1. The molecule has 0 aliphatic carbocycles. The Morgan fingerprint density at radius 1 is 1.43 bits per heavy atom. The third kappa shape index (κ3) is 3.73. The minimum absolute atomic E-state index is 0.00237. The van der Waals surface area contributed by atoms with E-state index in [4.69, 9.17) is 16.3 Å². The minimum Gasteiger partial charge on any atom is -0.459 e. The number of rotatable bonds is 6. The van der Waals surface area contributed by atoms with Crippen LogP contribution in [0.1, 0.15) is 36.0 Å². The van der Waals surface area contributed by atoms with Gasteiger partial charge in [-0.2, -0.15) is 4.98 Å². The van der Waals surface area contributed by atoms with Crippen LogP contribution >= 0.6 is 22.9 Å². The van der Waals surface area contributed by atoms with E-state index in [1.54, 1.807) is 0 Å². The Morgan fingerprint density at radius 2 is 2.13 bits per heavy atom. The van der Waals surface area contributed by atoms with Gasteiger partial charge in [-0.25, -0.2) is 9.78 Å². The summed E-state index contributed by atoms with van der Waals surface area (Å²) in [5, 5.41) is 10.1. The second-order valence-electron chi connectivity index (χ2n) is 5.31. The van der Waals surface area contributed by atoms with Gasteiger partial charge >= 0.3 is 5.97 Å². The molecule has 1 N–H and O–H groups in total. The van der Waals surface area contributed by atoms with Crippen LogP contribution in [0.3, 0.4) is 0 Å². The summed E-state index contributed by atoms with van der Waals surface area (Å²) in [6.45, 7) is 8.52. The molecule has 6 nitrogen and oxygen atoms in total. The lowest BCUT2D eigenvalue weighted by Crippen LogP contribution is -2.27. The molecule has 0 aliphatic heterocycles. The fourth-order valence-electron chi connectivity index (χ4n) is 2.32. The molecule has 0 spiro atoms. The Bertz CT molecular complexity index is 718. The molecule has 0 aromatic carbocycles. The SMILES string of the molecule is CCN(CCO)c1nc(Cl)nc2sc(C(=O)OC(C)C)c(C)c12. The summed E-state index contributed by atoms with van der Waals surface area (Å²) in [6.07, 6.45) is -0.192. The summed E-state index contributed by atoms with van der Waals surface area (Å²) in [7, 11) is 0. The molecule has 0 aliphatic rings. The van der Waals surface area contributed by atoms with Crippen molar-refractivity contribution >= 4 is 44.9 Å². The molecular weight excluding hydrogens is 338 g/mol. The Balaban J connectivity index is 2.61. The predicted molar refractivity (Wildman–Crippen MR) is 92.7 cm³/mol. The van der Waals surface area contributed by atoms with Crippen molar-refractivity contribution in [2.45, 2.75) is 33.8 Å². The van der Waals surface area contributed by atoms with Gasteiger partial charge in [0.1, 0.15) is 15.5 Å². The zero-order chi connectivity index (χ0) is 17.1. The normalized spacial score (nSPS) is 11.3. The number of carbonyl (C=O) groups excluding carboxylic acids is 1. The molecule has 126 valence electrons. The van der Waals surface area contributed by atoms with E-state index in [0.717, 1.165) is 10.9 Å². The van der Waals surface area contributed by atoms with Crippen LogP contribution in [0.25, 0.3) is 10.2 Å². The van der Waals surface area contributed by atoms with Crippen LogP contribution in [0.15, 0.2) is 0 Å². The van der Waals surface area contributed by atoms with E-state index in [1.807, 2.05) is 32.6 Å². The number of anilines is 1. The number of aromatic nitrogens is 2. The monoisotopic (exact) mass is 357 g/mol. The summed E-state index contributed by atoms with van der Waals surface area (Å²) >= 11 is 7.28. The van der Waals surface area contributed by atoms with E-state index >= 15 is 0 Å². The second kappa shape index (κ2) is 7.42. The molecule has 0 radical (unpaired) electrons. The molecule has 0 saturated carbocycles. The van der Waals surface area contributed by atoms with Gasteiger partial charge < -0.3 is 14.7 Å². The molecule has 0 amide bonds. The predicted octanol–water partition coefficient (Wildman–Crippen LogP) is 3.04. The van der Waals surface area contributed by atoms with Crippen molar-refractivity contribution in [1.29, 1.82) is 0 Å². The number of fused-ring (bicyclic) bond motifs is 1. The van der Waals surface area contributed by atoms with Crippen LogP contribution in [0.4, 0.5) is 5.82 Å². The van der Waals surface area contributed by atoms with Gasteiger partial charge in [-0.1, -0.05) is 0 Å². The number of likely N-dealkylation sites (N-methyl/N-ethyl adjacent to an activating group) is 1. The van der Waals surface area contributed by atoms with E-state index in [1.165, 1.54) is 11.3 Å². The molecule has 0 saturated heterocycles. The lowest BCUT2D eigenvalue weighted by atomic mass is 10.2. The number of hydrogen-bond donors (Lipinski definition) is 1. The summed E-state index contributed by atoms with van der Waals surface area (Å²) < 4.78 is 5.29. The van der Waals surface area contributed by atoms with Crippen molar-refractivity contribution in [3.63, 3.8) is 0 Å². The molecule has 0 unspecified atom stereocenters.